The topological polar surface area (TPSA) is 84.6 Å². The van der Waals surface area contributed by atoms with Crippen LogP contribution >= 0.6 is 0 Å². The third-order valence-electron chi connectivity index (χ3n) is 3.18. The Morgan fingerprint density at radius 3 is 2.83 bits per heavy atom. The van der Waals surface area contributed by atoms with Crippen molar-refractivity contribution in [3.63, 3.8) is 0 Å². The number of guanidine groups is 1. The molecule has 1 atom stereocenters. The summed E-state index contributed by atoms with van der Waals surface area (Å²) < 4.78 is 10.8. The van der Waals surface area contributed by atoms with Crippen LogP contribution < -0.4 is 15.4 Å². The summed E-state index contributed by atoms with van der Waals surface area (Å²) in [5.41, 5.74) is 1.18. The van der Waals surface area contributed by atoms with Crippen LogP contribution in [0.4, 0.5) is 0 Å². The third-order valence-corrected chi connectivity index (χ3v) is 3.18. The lowest BCUT2D eigenvalue weighted by atomic mass is 10.2. The molecule has 1 aromatic heterocycles. The van der Waals surface area contributed by atoms with E-state index in [-0.39, 0.29) is 6.10 Å². The molecule has 1 aromatic carbocycles. The number of hydrogen-bond acceptors (Lipinski definition) is 5. The summed E-state index contributed by atoms with van der Waals surface area (Å²) in [5, 5.41) is 10.3. The van der Waals surface area contributed by atoms with Gasteiger partial charge in [-0.05, 0) is 38.5 Å². The van der Waals surface area contributed by atoms with Crippen molar-refractivity contribution in [3.8, 4) is 5.75 Å². The smallest absolute Gasteiger partial charge is 0.223 e. The van der Waals surface area contributed by atoms with E-state index in [4.69, 9.17) is 9.26 Å². The van der Waals surface area contributed by atoms with E-state index < -0.39 is 0 Å². The highest BCUT2D eigenvalue weighted by Gasteiger charge is 2.07. The summed E-state index contributed by atoms with van der Waals surface area (Å²) in [7, 11) is 0. The molecule has 1 heterocycles. The van der Waals surface area contributed by atoms with Gasteiger partial charge in [-0.1, -0.05) is 17.3 Å². The van der Waals surface area contributed by atoms with E-state index in [1.807, 2.05) is 45.0 Å². The van der Waals surface area contributed by atoms with Crippen LogP contribution in [0.1, 0.15) is 31.1 Å². The SMILES string of the molecule is CCNC(=NCc1noc(C)n1)NCC(C)Oc1cccc(C)c1. The molecule has 2 aromatic rings. The fraction of sp³-hybridized carbons (Fsp3) is 0.471. The summed E-state index contributed by atoms with van der Waals surface area (Å²) in [6.07, 6.45) is 0.00285. The maximum atomic E-state index is 5.90. The summed E-state index contributed by atoms with van der Waals surface area (Å²) in [6, 6.07) is 8.02. The standard InChI is InChI=1S/C17H25N5O2/c1-5-18-17(20-11-16-21-14(4)24-22-16)19-10-13(3)23-15-8-6-7-12(2)9-15/h6-9,13H,5,10-11H2,1-4H3,(H2,18,19,20). The Morgan fingerprint density at radius 2 is 2.17 bits per heavy atom. The van der Waals surface area contributed by atoms with Crippen LogP contribution in [0.5, 0.6) is 5.75 Å². The highest BCUT2D eigenvalue weighted by atomic mass is 16.5. The van der Waals surface area contributed by atoms with Crippen molar-refractivity contribution in [2.75, 3.05) is 13.1 Å². The fourth-order valence-electron chi connectivity index (χ4n) is 2.10. The van der Waals surface area contributed by atoms with Gasteiger partial charge < -0.3 is 19.9 Å². The molecule has 0 saturated carbocycles. The highest BCUT2D eigenvalue weighted by Crippen LogP contribution is 2.13. The first kappa shape index (κ1) is 17.8. The zero-order valence-electron chi connectivity index (χ0n) is 14.7. The van der Waals surface area contributed by atoms with Gasteiger partial charge in [0.2, 0.25) is 5.89 Å². The molecule has 0 amide bonds. The zero-order chi connectivity index (χ0) is 17.4. The monoisotopic (exact) mass is 331 g/mol. The summed E-state index contributed by atoms with van der Waals surface area (Å²) in [6.45, 7) is 9.60. The molecule has 130 valence electrons. The van der Waals surface area contributed by atoms with E-state index in [1.165, 1.54) is 5.56 Å². The Hall–Kier alpha value is -2.57. The zero-order valence-corrected chi connectivity index (χ0v) is 14.7. The molecule has 0 fully saturated rings. The normalized spacial score (nSPS) is 12.8. The van der Waals surface area contributed by atoms with Gasteiger partial charge in [0.1, 0.15) is 18.4 Å². The second-order valence-electron chi connectivity index (χ2n) is 5.55. The van der Waals surface area contributed by atoms with E-state index >= 15 is 0 Å². The number of nitrogens with one attached hydrogen (secondary N) is 2. The molecule has 1 unspecified atom stereocenters. The molecule has 7 nitrogen and oxygen atoms in total. The number of ether oxygens (including phenoxy) is 1. The van der Waals surface area contributed by atoms with Crippen molar-refractivity contribution in [1.82, 2.24) is 20.8 Å². The van der Waals surface area contributed by atoms with Gasteiger partial charge in [0.25, 0.3) is 0 Å². The van der Waals surface area contributed by atoms with E-state index in [0.717, 1.165) is 12.3 Å². The van der Waals surface area contributed by atoms with E-state index in [2.05, 4.69) is 25.8 Å². The Kier molecular flexibility index (Phi) is 6.60. The Bertz CT molecular complexity index is 669. The van der Waals surface area contributed by atoms with Crippen molar-refractivity contribution in [2.24, 2.45) is 4.99 Å². The molecule has 2 rings (SSSR count). The van der Waals surface area contributed by atoms with Crippen LogP contribution in [0.15, 0.2) is 33.8 Å². The first-order chi connectivity index (χ1) is 11.6. The predicted octanol–water partition coefficient (Wildman–Crippen LogP) is 2.21. The van der Waals surface area contributed by atoms with E-state index in [0.29, 0.717) is 30.8 Å². The minimum absolute atomic E-state index is 0.00285. The molecular formula is C17H25N5O2. The largest absolute Gasteiger partial charge is 0.489 e. The predicted molar refractivity (Wildman–Crippen MR) is 93.1 cm³/mol. The Morgan fingerprint density at radius 1 is 1.33 bits per heavy atom. The second-order valence-corrected chi connectivity index (χ2v) is 5.55. The van der Waals surface area contributed by atoms with Gasteiger partial charge >= 0.3 is 0 Å². The van der Waals surface area contributed by atoms with Crippen LogP contribution in [0.25, 0.3) is 0 Å². The Balaban J connectivity index is 1.85. The molecule has 0 radical (unpaired) electrons. The number of rotatable bonds is 7. The lowest BCUT2D eigenvalue weighted by Crippen LogP contribution is -2.41. The molecule has 0 spiro atoms. The quantitative estimate of drug-likeness (QED) is 0.598. The fourth-order valence-corrected chi connectivity index (χ4v) is 2.10. The first-order valence-electron chi connectivity index (χ1n) is 8.11. The average Bonchev–Trinajstić information content (AvgIpc) is 2.95. The maximum absolute atomic E-state index is 5.90. The van der Waals surface area contributed by atoms with Crippen molar-refractivity contribution in [3.05, 3.63) is 41.5 Å². The van der Waals surface area contributed by atoms with Crippen molar-refractivity contribution in [1.29, 1.82) is 0 Å². The minimum atomic E-state index is 0.00285. The second kappa shape index (κ2) is 8.90. The number of aromatic nitrogens is 2. The number of aryl methyl sites for hydroxylation is 2. The number of benzene rings is 1. The van der Waals surface area contributed by atoms with Gasteiger partial charge in [-0.25, -0.2) is 4.99 Å². The molecule has 0 saturated heterocycles. The van der Waals surface area contributed by atoms with Crippen molar-refractivity contribution in [2.45, 2.75) is 40.3 Å². The molecule has 0 bridgehead atoms. The van der Waals surface area contributed by atoms with Crippen LogP contribution in [0.3, 0.4) is 0 Å². The molecule has 7 heteroatoms. The van der Waals surface area contributed by atoms with Gasteiger partial charge in [-0.2, -0.15) is 4.98 Å². The molecule has 0 aliphatic carbocycles. The third kappa shape index (κ3) is 5.91. The lowest BCUT2D eigenvalue weighted by molar-refractivity contribution is 0.223. The van der Waals surface area contributed by atoms with Crippen molar-refractivity contribution < 1.29 is 9.26 Å². The molecule has 0 aliphatic heterocycles. The van der Waals surface area contributed by atoms with Crippen LogP contribution in [0.2, 0.25) is 0 Å². The molecule has 2 N–H and O–H groups in total. The van der Waals surface area contributed by atoms with Gasteiger partial charge in [0.05, 0.1) is 6.54 Å². The van der Waals surface area contributed by atoms with Gasteiger partial charge in [0, 0.05) is 13.5 Å². The van der Waals surface area contributed by atoms with Gasteiger partial charge in [0.15, 0.2) is 11.8 Å². The Labute approximate surface area is 142 Å². The highest BCUT2D eigenvalue weighted by molar-refractivity contribution is 5.79. The summed E-state index contributed by atoms with van der Waals surface area (Å²) in [4.78, 5) is 8.58. The number of hydrogen-bond donors (Lipinski definition) is 2. The van der Waals surface area contributed by atoms with Crippen molar-refractivity contribution >= 4 is 5.96 Å². The van der Waals surface area contributed by atoms with Crippen LogP contribution in [-0.2, 0) is 6.54 Å². The summed E-state index contributed by atoms with van der Waals surface area (Å²) >= 11 is 0. The lowest BCUT2D eigenvalue weighted by Gasteiger charge is -2.17. The number of nitrogens with zero attached hydrogens (tertiary/aromatic N) is 3. The molecular weight excluding hydrogens is 306 g/mol. The minimum Gasteiger partial charge on any atom is -0.489 e. The number of aliphatic imine (C=N–C) groups is 1. The molecule has 24 heavy (non-hydrogen) atoms. The maximum Gasteiger partial charge on any atom is 0.223 e. The van der Waals surface area contributed by atoms with Gasteiger partial charge in [-0.3, -0.25) is 0 Å². The van der Waals surface area contributed by atoms with E-state index in [1.54, 1.807) is 6.92 Å². The first-order valence-corrected chi connectivity index (χ1v) is 8.11. The molecule has 0 aliphatic rings. The van der Waals surface area contributed by atoms with Crippen LogP contribution in [-0.4, -0.2) is 35.3 Å². The van der Waals surface area contributed by atoms with Crippen LogP contribution in [0, 0.1) is 13.8 Å². The van der Waals surface area contributed by atoms with Gasteiger partial charge in [-0.15, -0.1) is 0 Å². The summed E-state index contributed by atoms with van der Waals surface area (Å²) in [5.74, 6) is 2.67. The van der Waals surface area contributed by atoms with E-state index in [9.17, 15) is 0 Å². The average molecular weight is 331 g/mol.